The molecule has 0 aliphatic rings. The number of hydrogen-bond donors (Lipinski definition) is 2. The van der Waals surface area contributed by atoms with Gasteiger partial charge in [-0.2, -0.15) is 0 Å². The summed E-state index contributed by atoms with van der Waals surface area (Å²) < 4.78 is 0. The van der Waals surface area contributed by atoms with Crippen LogP contribution in [0.15, 0.2) is 42.7 Å². The average molecular weight is 302 g/mol. The van der Waals surface area contributed by atoms with Crippen LogP contribution in [0.2, 0.25) is 0 Å². The molecule has 0 saturated carbocycles. The molecule has 0 fully saturated rings. The molecule has 120 valence electrons. The first kappa shape index (κ1) is 19.6. The number of carbonyl (C=O) groups is 1. The summed E-state index contributed by atoms with van der Waals surface area (Å²) in [6.07, 6.45) is 3.79. The predicted octanol–water partition coefficient (Wildman–Crippen LogP) is 4.62. The van der Waals surface area contributed by atoms with E-state index >= 15 is 0 Å². The van der Waals surface area contributed by atoms with Crippen LogP contribution in [0.25, 0.3) is 0 Å². The van der Waals surface area contributed by atoms with Crippen LogP contribution in [0.3, 0.4) is 0 Å². The average Bonchev–Trinajstić information content (AvgIpc) is 2.59. The van der Waals surface area contributed by atoms with Crippen molar-refractivity contribution >= 4 is 23.2 Å². The Balaban J connectivity index is 0.00000102. The van der Waals surface area contributed by atoms with Gasteiger partial charge in [0.15, 0.2) is 0 Å². The molecule has 0 radical (unpaired) electrons. The highest BCUT2D eigenvalue weighted by atomic mass is 16.1. The maximum absolute atomic E-state index is 11.3. The number of nitrogens with one attached hydrogen (secondary N) is 2. The van der Waals surface area contributed by atoms with Crippen LogP contribution in [-0.2, 0) is 4.79 Å². The number of carbonyl (C=O) groups excluding carboxylic acids is 1. The summed E-state index contributed by atoms with van der Waals surface area (Å²) in [5, 5.41) is 5.86. The molecule has 1 aromatic carbocycles. The molecule has 2 N–H and O–H groups in total. The largest absolute Gasteiger partial charge is 0.326 e. The Labute approximate surface area is 133 Å². The van der Waals surface area contributed by atoms with Crippen LogP contribution in [0, 0.1) is 0 Å². The number of hydrogen-bond acceptors (Lipinski definition) is 4. The normalized spacial score (nSPS) is 8.59. The SMILES string of the molecule is CC.CC.CCC(=O)Nc1cccc(Nc2ncccn2)c1. The van der Waals surface area contributed by atoms with E-state index in [0.29, 0.717) is 12.4 Å². The van der Waals surface area contributed by atoms with Crippen molar-refractivity contribution in [2.45, 2.75) is 41.0 Å². The Bertz CT molecular complexity index is 529. The fraction of sp³-hybridized carbons (Fsp3) is 0.353. The third-order valence-electron chi connectivity index (χ3n) is 2.29. The van der Waals surface area contributed by atoms with Gasteiger partial charge in [0.25, 0.3) is 0 Å². The lowest BCUT2D eigenvalue weighted by Crippen LogP contribution is -2.09. The number of nitrogens with zero attached hydrogens (tertiary/aromatic N) is 2. The van der Waals surface area contributed by atoms with E-state index in [2.05, 4.69) is 20.6 Å². The highest BCUT2D eigenvalue weighted by Crippen LogP contribution is 2.17. The highest BCUT2D eigenvalue weighted by Gasteiger charge is 2.01. The number of anilines is 3. The predicted molar refractivity (Wildman–Crippen MR) is 93.4 cm³/mol. The van der Waals surface area contributed by atoms with E-state index in [1.54, 1.807) is 18.5 Å². The van der Waals surface area contributed by atoms with Crippen LogP contribution in [-0.4, -0.2) is 15.9 Å². The van der Waals surface area contributed by atoms with Crippen LogP contribution in [0.5, 0.6) is 0 Å². The van der Waals surface area contributed by atoms with Crippen LogP contribution in [0.1, 0.15) is 41.0 Å². The van der Waals surface area contributed by atoms with Crippen molar-refractivity contribution in [1.82, 2.24) is 9.97 Å². The second kappa shape index (κ2) is 12.3. The first-order valence-corrected chi connectivity index (χ1v) is 7.72. The molecule has 0 spiro atoms. The molecule has 1 heterocycles. The van der Waals surface area contributed by atoms with Crippen molar-refractivity contribution in [1.29, 1.82) is 0 Å². The van der Waals surface area contributed by atoms with E-state index in [1.807, 2.05) is 58.9 Å². The second-order valence-corrected chi connectivity index (χ2v) is 3.68. The van der Waals surface area contributed by atoms with Gasteiger partial charge in [0, 0.05) is 30.2 Å². The Hall–Kier alpha value is -2.43. The van der Waals surface area contributed by atoms with Crippen molar-refractivity contribution in [3.8, 4) is 0 Å². The van der Waals surface area contributed by atoms with Crippen molar-refractivity contribution in [2.24, 2.45) is 0 Å². The van der Waals surface area contributed by atoms with Gasteiger partial charge in [-0.25, -0.2) is 9.97 Å². The minimum absolute atomic E-state index is 0.0110. The van der Waals surface area contributed by atoms with E-state index in [-0.39, 0.29) is 5.91 Å². The molecule has 2 rings (SSSR count). The molecule has 5 nitrogen and oxygen atoms in total. The second-order valence-electron chi connectivity index (χ2n) is 3.68. The lowest BCUT2D eigenvalue weighted by Gasteiger charge is -2.07. The number of amides is 1. The van der Waals surface area contributed by atoms with Gasteiger partial charge in [-0.1, -0.05) is 40.7 Å². The number of rotatable bonds is 4. The van der Waals surface area contributed by atoms with Crippen LogP contribution >= 0.6 is 0 Å². The highest BCUT2D eigenvalue weighted by molar-refractivity contribution is 5.91. The minimum atomic E-state index is -0.0110. The molecule has 2 aromatic rings. The Morgan fingerprint density at radius 2 is 1.59 bits per heavy atom. The topological polar surface area (TPSA) is 66.9 Å². The van der Waals surface area contributed by atoms with Crippen molar-refractivity contribution in [2.75, 3.05) is 10.6 Å². The standard InChI is InChI=1S/C13H14N4O.2C2H6/c1-2-12(18)16-10-5-3-6-11(9-10)17-13-14-7-4-8-15-13;2*1-2/h3-9H,2H2,1H3,(H,16,18)(H,14,15,17);2*1-2H3. The van der Waals surface area contributed by atoms with Gasteiger partial charge in [-0.3, -0.25) is 4.79 Å². The number of benzene rings is 1. The van der Waals surface area contributed by atoms with Crippen molar-refractivity contribution in [3.63, 3.8) is 0 Å². The summed E-state index contributed by atoms with van der Waals surface area (Å²) in [6, 6.07) is 9.17. The number of aromatic nitrogens is 2. The fourth-order valence-electron chi connectivity index (χ4n) is 1.42. The first-order valence-electron chi connectivity index (χ1n) is 7.72. The van der Waals surface area contributed by atoms with Gasteiger partial charge in [-0.05, 0) is 24.3 Å². The van der Waals surface area contributed by atoms with Gasteiger partial charge in [-0.15, -0.1) is 0 Å². The van der Waals surface area contributed by atoms with E-state index in [9.17, 15) is 4.79 Å². The molecular formula is C17H26N4O. The lowest BCUT2D eigenvalue weighted by molar-refractivity contribution is -0.115. The Morgan fingerprint density at radius 1 is 1.00 bits per heavy atom. The van der Waals surface area contributed by atoms with Gasteiger partial charge in [0.1, 0.15) is 0 Å². The molecule has 1 aromatic heterocycles. The maximum atomic E-state index is 11.3. The molecule has 0 unspecified atom stereocenters. The fourth-order valence-corrected chi connectivity index (χ4v) is 1.42. The third kappa shape index (κ3) is 7.38. The summed E-state index contributed by atoms with van der Waals surface area (Å²) in [7, 11) is 0. The summed E-state index contributed by atoms with van der Waals surface area (Å²) in [4.78, 5) is 19.4. The lowest BCUT2D eigenvalue weighted by atomic mass is 10.2. The van der Waals surface area contributed by atoms with Crippen molar-refractivity contribution in [3.05, 3.63) is 42.7 Å². The molecular weight excluding hydrogens is 276 g/mol. The first-order chi connectivity index (χ1) is 10.8. The molecule has 0 saturated heterocycles. The third-order valence-corrected chi connectivity index (χ3v) is 2.29. The van der Waals surface area contributed by atoms with E-state index in [4.69, 9.17) is 0 Å². The van der Waals surface area contributed by atoms with Gasteiger partial charge in [0.05, 0.1) is 0 Å². The summed E-state index contributed by atoms with van der Waals surface area (Å²) in [5.74, 6) is 0.513. The van der Waals surface area contributed by atoms with E-state index in [0.717, 1.165) is 11.4 Å². The van der Waals surface area contributed by atoms with E-state index < -0.39 is 0 Å². The summed E-state index contributed by atoms with van der Waals surface area (Å²) in [6.45, 7) is 9.81. The molecule has 1 amide bonds. The Morgan fingerprint density at radius 3 is 2.18 bits per heavy atom. The molecule has 22 heavy (non-hydrogen) atoms. The van der Waals surface area contributed by atoms with Gasteiger partial charge < -0.3 is 10.6 Å². The molecule has 0 bridgehead atoms. The van der Waals surface area contributed by atoms with Crippen LogP contribution < -0.4 is 10.6 Å². The van der Waals surface area contributed by atoms with Crippen molar-refractivity contribution < 1.29 is 4.79 Å². The molecule has 0 atom stereocenters. The summed E-state index contributed by atoms with van der Waals surface area (Å²) in [5.41, 5.74) is 1.58. The van der Waals surface area contributed by atoms with Gasteiger partial charge >= 0.3 is 0 Å². The quantitative estimate of drug-likeness (QED) is 0.864. The minimum Gasteiger partial charge on any atom is -0.326 e. The van der Waals surface area contributed by atoms with Gasteiger partial charge in [0.2, 0.25) is 11.9 Å². The monoisotopic (exact) mass is 302 g/mol. The molecule has 5 heteroatoms. The molecule has 0 aliphatic heterocycles. The zero-order valence-electron chi connectivity index (χ0n) is 14.1. The Kier molecular flexibility index (Phi) is 11.0. The van der Waals surface area contributed by atoms with E-state index in [1.165, 1.54) is 0 Å². The molecule has 0 aliphatic carbocycles. The zero-order chi connectivity index (χ0) is 16.8. The zero-order valence-corrected chi connectivity index (χ0v) is 14.1. The van der Waals surface area contributed by atoms with Crippen LogP contribution in [0.4, 0.5) is 17.3 Å². The maximum Gasteiger partial charge on any atom is 0.227 e. The summed E-state index contributed by atoms with van der Waals surface area (Å²) >= 11 is 0. The smallest absolute Gasteiger partial charge is 0.227 e.